The molecule has 0 aromatic heterocycles. The van der Waals surface area contributed by atoms with Crippen molar-refractivity contribution < 1.29 is 24.4 Å². The Hall–Kier alpha value is -1.74. The Morgan fingerprint density at radius 2 is 1.73 bits per heavy atom. The summed E-state index contributed by atoms with van der Waals surface area (Å²) in [4.78, 5) is 2.22. The van der Waals surface area contributed by atoms with Crippen LogP contribution >= 0.6 is 23.2 Å². The maximum atomic E-state index is 10.3. The Morgan fingerprint density at radius 3 is 2.45 bits per heavy atom. The normalized spacial score (nSPS) is 16.9. The van der Waals surface area contributed by atoms with Gasteiger partial charge in [-0.15, -0.1) is 0 Å². The van der Waals surface area contributed by atoms with Crippen LogP contribution in [0.4, 0.5) is 0 Å². The van der Waals surface area contributed by atoms with E-state index in [9.17, 15) is 10.2 Å². The van der Waals surface area contributed by atoms with E-state index in [1.165, 1.54) is 0 Å². The Bertz CT molecular complexity index is 864. The van der Waals surface area contributed by atoms with Crippen LogP contribution in [0.3, 0.4) is 0 Å². The fourth-order valence-electron chi connectivity index (χ4n) is 3.69. The standard InChI is InChI=1S/C24H32Cl2N2O5/c1-31-21-3-2-4-22(12-21)32-15-19(29)13-27-18-7-9-28(10-8-18)14-20(30)16-33-24-6-5-17(25)11-23(24)26/h2-6,11-12,18-20,27,29-30H,7-10,13-16H2,1H3/t19-,20-/m0/s1. The molecule has 3 rings (SSSR count). The number of hydrogen-bond donors (Lipinski definition) is 3. The molecule has 2 aromatic carbocycles. The second kappa shape index (κ2) is 13.2. The first-order valence-electron chi connectivity index (χ1n) is 11.1. The highest BCUT2D eigenvalue weighted by Crippen LogP contribution is 2.27. The Balaban J connectivity index is 1.29. The predicted octanol–water partition coefficient (Wildman–Crippen LogP) is 3.24. The fraction of sp³-hybridized carbons (Fsp3) is 0.500. The predicted molar refractivity (Wildman–Crippen MR) is 130 cm³/mol. The molecule has 7 nitrogen and oxygen atoms in total. The molecule has 0 spiro atoms. The lowest BCUT2D eigenvalue weighted by Crippen LogP contribution is -2.47. The van der Waals surface area contributed by atoms with E-state index in [1.807, 2.05) is 18.2 Å². The van der Waals surface area contributed by atoms with Crippen LogP contribution in [0.25, 0.3) is 0 Å². The Morgan fingerprint density at radius 1 is 1.00 bits per heavy atom. The highest BCUT2D eigenvalue weighted by Gasteiger charge is 2.22. The van der Waals surface area contributed by atoms with Gasteiger partial charge < -0.3 is 34.6 Å². The van der Waals surface area contributed by atoms with Gasteiger partial charge in [0.1, 0.15) is 42.7 Å². The molecule has 0 aliphatic carbocycles. The van der Waals surface area contributed by atoms with Crippen LogP contribution in [0, 0.1) is 0 Å². The van der Waals surface area contributed by atoms with Gasteiger partial charge in [-0.1, -0.05) is 29.3 Å². The molecule has 0 radical (unpaired) electrons. The number of nitrogens with zero attached hydrogens (tertiary/aromatic N) is 1. The summed E-state index contributed by atoms with van der Waals surface area (Å²) in [6.07, 6.45) is 0.671. The molecule has 182 valence electrons. The summed E-state index contributed by atoms with van der Waals surface area (Å²) in [5, 5.41) is 25.0. The van der Waals surface area contributed by atoms with E-state index < -0.39 is 12.2 Å². The number of nitrogens with one attached hydrogen (secondary N) is 1. The Kier molecular flexibility index (Phi) is 10.4. The van der Waals surface area contributed by atoms with Gasteiger partial charge in [-0.05, 0) is 56.3 Å². The zero-order valence-electron chi connectivity index (χ0n) is 18.8. The third-order valence-electron chi connectivity index (χ3n) is 5.51. The van der Waals surface area contributed by atoms with Gasteiger partial charge in [-0.25, -0.2) is 0 Å². The van der Waals surface area contributed by atoms with E-state index in [4.69, 9.17) is 37.4 Å². The summed E-state index contributed by atoms with van der Waals surface area (Å²) in [5.74, 6) is 1.90. The number of piperidine rings is 1. The maximum Gasteiger partial charge on any atom is 0.138 e. The molecule has 1 saturated heterocycles. The lowest BCUT2D eigenvalue weighted by Gasteiger charge is -2.33. The molecule has 2 aromatic rings. The van der Waals surface area contributed by atoms with Gasteiger partial charge in [0.15, 0.2) is 0 Å². The summed E-state index contributed by atoms with van der Waals surface area (Å²) < 4.78 is 16.4. The SMILES string of the molecule is COc1cccc(OC[C@@H](O)CNC2CCN(C[C@H](O)COc3ccc(Cl)cc3Cl)CC2)c1. The van der Waals surface area contributed by atoms with Crippen molar-refractivity contribution in [3.8, 4) is 17.2 Å². The van der Waals surface area contributed by atoms with Crippen molar-refractivity contribution in [2.75, 3.05) is 46.5 Å². The number of β-amino-alcohol motifs (C(OH)–C–C–N with tert-alkyl or cyclic N) is 1. The van der Waals surface area contributed by atoms with Crippen LogP contribution in [-0.4, -0.2) is 79.9 Å². The van der Waals surface area contributed by atoms with Crippen LogP contribution in [0.2, 0.25) is 10.0 Å². The third-order valence-corrected chi connectivity index (χ3v) is 6.04. The van der Waals surface area contributed by atoms with Crippen molar-refractivity contribution in [3.63, 3.8) is 0 Å². The van der Waals surface area contributed by atoms with Gasteiger partial charge in [0.25, 0.3) is 0 Å². The number of aliphatic hydroxyl groups excluding tert-OH is 2. The number of aliphatic hydroxyl groups is 2. The van der Waals surface area contributed by atoms with Crippen LogP contribution in [0.1, 0.15) is 12.8 Å². The largest absolute Gasteiger partial charge is 0.497 e. The highest BCUT2D eigenvalue weighted by atomic mass is 35.5. The molecule has 1 fully saturated rings. The van der Waals surface area contributed by atoms with Crippen molar-refractivity contribution in [2.45, 2.75) is 31.1 Å². The first-order chi connectivity index (χ1) is 15.9. The summed E-state index contributed by atoms with van der Waals surface area (Å²) in [5.41, 5.74) is 0. The molecular formula is C24H32Cl2N2O5. The second-order valence-corrected chi connectivity index (χ2v) is 9.01. The first-order valence-corrected chi connectivity index (χ1v) is 11.8. The lowest BCUT2D eigenvalue weighted by atomic mass is 10.0. The second-order valence-electron chi connectivity index (χ2n) is 8.17. The van der Waals surface area contributed by atoms with Crippen molar-refractivity contribution in [1.82, 2.24) is 10.2 Å². The number of hydrogen-bond acceptors (Lipinski definition) is 7. The Labute approximate surface area is 205 Å². The zero-order chi connectivity index (χ0) is 23.6. The summed E-state index contributed by atoms with van der Waals surface area (Å²) in [6, 6.07) is 12.7. The van der Waals surface area contributed by atoms with E-state index in [1.54, 1.807) is 31.4 Å². The van der Waals surface area contributed by atoms with Crippen LogP contribution in [-0.2, 0) is 0 Å². The molecule has 3 N–H and O–H groups in total. The average Bonchev–Trinajstić information content (AvgIpc) is 2.82. The minimum Gasteiger partial charge on any atom is -0.497 e. The molecule has 2 atom stereocenters. The van der Waals surface area contributed by atoms with E-state index in [0.29, 0.717) is 40.7 Å². The molecule has 0 bridgehead atoms. The monoisotopic (exact) mass is 498 g/mol. The topological polar surface area (TPSA) is 83.4 Å². The van der Waals surface area contributed by atoms with Crippen molar-refractivity contribution >= 4 is 23.2 Å². The van der Waals surface area contributed by atoms with Crippen molar-refractivity contribution in [2.24, 2.45) is 0 Å². The van der Waals surface area contributed by atoms with Gasteiger partial charge in [0, 0.05) is 30.2 Å². The molecule has 0 amide bonds. The van der Waals surface area contributed by atoms with Crippen LogP contribution < -0.4 is 19.5 Å². The fourth-order valence-corrected chi connectivity index (χ4v) is 4.16. The molecule has 0 saturated carbocycles. The van der Waals surface area contributed by atoms with E-state index >= 15 is 0 Å². The smallest absolute Gasteiger partial charge is 0.138 e. The van der Waals surface area contributed by atoms with Gasteiger partial charge in [0.2, 0.25) is 0 Å². The molecule has 1 heterocycles. The third kappa shape index (κ3) is 8.85. The van der Waals surface area contributed by atoms with E-state index in [-0.39, 0.29) is 13.2 Å². The van der Waals surface area contributed by atoms with Crippen LogP contribution in [0.5, 0.6) is 17.2 Å². The van der Waals surface area contributed by atoms with Gasteiger partial charge in [0.05, 0.1) is 12.1 Å². The lowest BCUT2D eigenvalue weighted by molar-refractivity contribution is 0.0556. The number of ether oxygens (including phenoxy) is 3. The quantitative estimate of drug-likeness (QED) is 0.414. The zero-order valence-corrected chi connectivity index (χ0v) is 20.3. The number of rotatable bonds is 12. The average molecular weight is 499 g/mol. The minimum atomic E-state index is -0.614. The summed E-state index contributed by atoms with van der Waals surface area (Å²) in [6.45, 7) is 3.11. The van der Waals surface area contributed by atoms with Gasteiger partial charge in [-0.3, -0.25) is 0 Å². The number of benzene rings is 2. The molecule has 9 heteroatoms. The number of halogens is 2. The van der Waals surface area contributed by atoms with Crippen LogP contribution in [0.15, 0.2) is 42.5 Å². The van der Waals surface area contributed by atoms with Gasteiger partial charge in [-0.2, -0.15) is 0 Å². The molecule has 1 aliphatic rings. The molecule has 0 unspecified atom stereocenters. The molecule has 1 aliphatic heterocycles. The summed E-state index contributed by atoms with van der Waals surface area (Å²) >= 11 is 12.0. The highest BCUT2D eigenvalue weighted by molar-refractivity contribution is 6.35. The van der Waals surface area contributed by atoms with Crippen molar-refractivity contribution in [1.29, 1.82) is 0 Å². The number of methoxy groups -OCH3 is 1. The minimum absolute atomic E-state index is 0.166. The van der Waals surface area contributed by atoms with E-state index in [2.05, 4.69) is 10.2 Å². The first kappa shape index (κ1) is 25.9. The van der Waals surface area contributed by atoms with Gasteiger partial charge >= 0.3 is 0 Å². The van der Waals surface area contributed by atoms with E-state index in [0.717, 1.165) is 31.7 Å². The molecular weight excluding hydrogens is 467 g/mol. The maximum absolute atomic E-state index is 10.3. The summed E-state index contributed by atoms with van der Waals surface area (Å²) in [7, 11) is 1.61. The van der Waals surface area contributed by atoms with Crippen molar-refractivity contribution in [3.05, 3.63) is 52.5 Å². The number of likely N-dealkylation sites (tertiary alicyclic amines) is 1. The molecule has 33 heavy (non-hydrogen) atoms.